The lowest BCUT2D eigenvalue weighted by Crippen LogP contribution is -2.32. The van der Waals surface area contributed by atoms with Gasteiger partial charge < -0.3 is 4.90 Å². The number of amides is 1. The molecule has 1 aliphatic rings. The third-order valence-corrected chi connectivity index (χ3v) is 5.17. The number of nitrogens with zero attached hydrogens (tertiary/aromatic N) is 1. The van der Waals surface area contributed by atoms with Gasteiger partial charge in [0.1, 0.15) is 0 Å². The summed E-state index contributed by atoms with van der Waals surface area (Å²) in [4.78, 5) is 14.2. The number of carbonyl (C=O) groups is 1. The van der Waals surface area contributed by atoms with E-state index in [0.29, 0.717) is 25.2 Å². The highest BCUT2D eigenvalue weighted by molar-refractivity contribution is 9.10. The Bertz CT molecular complexity index is 645. The Morgan fingerprint density at radius 1 is 1.48 bits per heavy atom. The van der Waals surface area contributed by atoms with Crippen molar-refractivity contribution in [3.63, 3.8) is 0 Å². The van der Waals surface area contributed by atoms with Crippen molar-refractivity contribution in [1.29, 1.82) is 0 Å². The summed E-state index contributed by atoms with van der Waals surface area (Å²) in [7, 11) is -3.40. The van der Waals surface area contributed by atoms with Crippen molar-refractivity contribution >= 4 is 31.9 Å². The van der Waals surface area contributed by atoms with Crippen molar-refractivity contribution in [3.8, 4) is 0 Å². The molecule has 0 aromatic heterocycles. The van der Waals surface area contributed by atoms with Crippen LogP contribution in [0.4, 0.5) is 0 Å². The molecule has 1 aromatic carbocycles. The van der Waals surface area contributed by atoms with Crippen LogP contribution in [-0.4, -0.2) is 38.9 Å². The second-order valence-corrected chi connectivity index (χ2v) is 7.51. The molecule has 5 nitrogen and oxygen atoms in total. The second kappa shape index (κ2) is 6.72. The van der Waals surface area contributed by atoms with E-state index >= 15 is 0 Å². The highest BCUT2D eigenvalue weighted by Gasteiger charge is 2.28. The predicted molar refractivity (Wildman–Crippen MR) is 85.3 cm³/mol. The molecule has 114 valence electrons. The number of likely N-dealkylation sites (tertiary alicyclic amines) is 1. The van der Waals surface area contributed by atoms with Gasteiger partial charge in [-0.2, -0.15) is 0 Å². The Kier molecular flexibility index (Phi) is 5.18. The first-order valence-electron chi connectivity index (χ1n) is 6.59. The molecule has 1 aromatic rings. The van der Waals surface area contributed by atoms with E-state index < -0.39 is 10.0 Å². The Morgan fingerprint density at radius 3 is 2.86 bits per heavy atom. The van der Waals surface area contributed by atoms with E-state index in [2.05, 4.69) is 27.2 Å². The zero-order valence-electron chi connectivity index (χ0n) is 11.5. The molecule has 21 heavy (non-hydrogen) atoms. The lowest BCUT2D eigenvalue weighted by molar-refractivity contribution is 0.0786. The van der Waals surface area contributed by atoms with Gasteiger partial charge in [0.25, 0.3) is 5.91 Å². The lowest BCUT2D eigenvalue weighted by Gasteiger charge is -2.17. The first-order chi connectivity index (χ1) is 9.93. The van der Waals surface area contributed by atoms with Gasteiger partial charge in [0.15, 0.2) is 0 Å². The molecule has 0 saturated carbocycles. The fraction of sp³-hybridized carbons (Fsp3) is 0.357. The maximum absolute atomic E-state index is 12.4. The van der Waals surface area contributed by atoms with Crippen LogP contribution in [0.2, 0.25) is 0 Å². The van der Waals surface area contributed by atoms with Gasteiger partial charge in [-0.3, -0.25) is 4.79 Å². The van der Waals surface area contributed by atoms with Crippen molar-refractivity contribution in [2.45, 2.75) is 6.42 Å². The number of carbonyl (C=O) groups excluding carboxylic acids is 1. The second-order valence-electron chi connectivity index (χ2n) is 4.95. The molecule has 0 radical (unpaired) electrons. The third kappa shape index (κ3) is 4.15. The maximum atomic E-state index is 12.4. The highest BCUT2D eigenvalue weighted by atomic mass is 79.9. The Labute approximate surface area is 133 Å². The summed E-state index contributed by atoms with van der Waals surface area (Å²) >= 11 is 3.38. The van der Waals surface area contributed by atoms with E-state index in [9.17, 15) is 13.2 Å². The SMILES string of the molecule is C=CS(=O)(=O)NC[C@H]1CCN(C(=O)c2ccccc2Br)C1. The summed E-state index contributed by atoms with van der Waals surface area (Å²) in [5.41, 5.74) is 0.629. The topological polar surface area (TPSA) is 66.5 Å². The number of rotatable bonds is 5. The van der Waals surface area contributed by atoms with E-state index in [4.69, 9.17) is 0 Å². The number of hydrogen-bond acceptors (Lipinski definition) is 3. The molecule has 1 amide bonds. The van der Waals surface area contributed by atoms with Crippen LogP contribution in [0, 0.1) is 5.92 Å². The molecule has 1 atom stereocenters. The number of halogens is 1. The minimum absolute atomic E-state index is 0.0310. The number of hydrogen-bond donors (Lipinski definition) is 1. The quantitative estimate of drug-likeness (QED) is 0.858. The molecule has 2 rings (SSSR count). The monoisotopic (exact) mass is 372 g/mol. The zero-order valence-corrected chi connectivity index (χ0v) is 13.9. The van der Waals surface area contributed by atoms with Gasteiger partial charge in [-0.05, 0) is 40.4 Å². The van der Waals surface area contributed by atoms with Gasteiger partial charge in [0.2, 0.25) is 10.0 Å². The Morgan fingerprint density at radius 2 is 2.19 bits per heavy atom. The fourth-order valence-corrected chi connectivity index (χ4v) is 3.32. The molecule has 0 spiro atoms. The fourth-order valence-electron chi connectivity index (χ4n) is 2.28. The van der Waals surface area contributed by atoms with E-state index in [1.165, 1.54) is 0 Å². The normalized spacial score (nSPS) is 18.7. The number of nitrogens with one attached hydrogen (secondary N) is 1. The predicted octanol–water partition coefficient (Wildman–Crippen LogP) is 1.97. The molecule has 7 heteroatoms. The summed E-state index contributed by atoms with van der Waals surface area (Å²) < 4.78 is 25.9. The average molecular weight is 373 g/mol. The molecule has 1 fully saturated rings. The van der Waals surface area contributed by atoms with Crippen molar-refractivity contribution in [2.75, 3.05) is 19.6 Å². The van der Waals surface area contributed by atoms with Crippen LogP contribution in [0.5, 0.6) is 0 Å². The first-order valence-corrected chi connectivity index (χ1v) is 8.93. The van der Waals surface area contributed by atoms with Gasteiger partial charge in [-0.1, -0.05) is 18.7 Å². The lowest BCUT2D eigenvalue weighted by atomic mass is 10.1. The maximum Gasteiger partial charge on any atom is 0.255 e. The number of benzene rings is 1. The third-order valence-electron chi connectivity index (χ3n) is 3.47. The first kappa shape index (κ1) is 16.2. The summed E-state index contributed by atoms with van der Waals surface area (Å²) in [6.45, 7) is 4.77. The van der Waals surface area contributed by atoms with E-state index in [1.807, 2.05) is 18.2 Å². The number of sulfonamides is 1. The molecule has 0 unspecified atom stereocenters. The van der Waals surface area contributed by atoms with Crippen LogP contribution in [0.3, 0.4) is 0 Å². The minimum Gasteiger partial charge on any atom is -0.338 e. The van der Waals surface area contributed by atoms with Gasteiger partial charge >= 0.3 is 0 Å². The van der Waals surface area contributed by atoms with E-state index in [1.54, 1.807) is 11.0 Å². The molecular weight excluding hydrogens is 356 g/mol. The van der Waals surface area contributed by atoms with Gasteiger partial charge in [-0.15, -0.1) is 0 Å². The van der Waals surface area contributed by atoms with Gasteiger partial charge in [-0.25, -0.2) is 13.1 Å². The van der Waals surface area contributed by atoms with E-state index in [-0.39, 0.29) is 11.8 Å². The van der Waals surface area contributed by atoms with E-state index in [0.717, 1.165) is 16.3 Å². The van der Waals surface area contributed by atoms with Crippen LogP contribution >= 0.6 is 15.9 Å². The van der Waals surface area contributed by atoms with Crippen LogP contribution in [-0.2, 0) is 10.0 Å². The largest absolute Gasteiger partial charge is 0.338 e. The van der Waals surface area contributed by atoms with Crippen molar-refractivity contribution in [3.05, 3.63) is 46.3 Å². The molecule has 0 bridgehead atoms. The van der Waals surface area contributed by atoms with Crippen molar-refractivity contribution < 1.29 is 13.2 Å². The highest BCUT2D eigenvalue weighted by Crippen LogP contribution is 2.22. The molecule has 0 aliphatic carbocycles. The summed E-state index contributed by atoms with van der Waals surface area (Å²) in [5.74, 6) is 0.0997. The van der Waals surface area contributed by atoms with Crippen LogP contribution in [0.15, 0.2) is 40.7 Å². The Balaban J connectivity index is 1.95. The molecule has 1 saturated heterocycles. The van der Waals surface area contributed by atoms with Crippen molar-refractivity contribution in [2.24, 2.45) is 5.92 Å². The Hall–Kier alpha value is -1.18. The molecule has 1 aliphatic heterocycles. The molecule has 1 N–H and O–H groups in total. The van der Waals surface area contributed by atoms with Gasteiger partial charge in [0.05, 0.1) is 5.56 Å². The standard InChI is InChI=1S/C14H17BrN2O3S/c1-2-21(19,20)16-9-11-7-8-17(10-11)14(18)12-5-3-4-6-13(12)15/h2-6,11,16H,1,7-10H2/t11-/m1/s1. The summed E-state index contributed by atoms with van der Waals surface area (Å²) in [6, 6.07) is 7.29. The summed E-state index contributed by atoms with van der Waals surface area (Å²) in [5, 5.41) is 0.895. The van der Waals surface area contributed by atoms with Crippen LogP contribution in [0.1, 0.15) is 16.8 Å². The smallest absolute Gasteiger partial charge is 0.255 e. The zero-order chi connectivity index (χ0) is 15.5. The summed E-state index contributed by atoms with van der Waals surface area (Å²) in [6.07, 6.45) is 0.788. The van der Waals surface area contributed by atoms with Crippen LogP contribution < -0.4 is 4.72 Å². The average Bonchev–Trinajstić information content (AvgIpc) is 2.94. The van der Waals surface area contributed by atoms with Crippen LogP contribution in [0.25, 0.3) is 0 Å². The van der Waals surface area contributed by atoms with Crippen molar-refractivity contribution in [1.82, 2.24) is 9.62 Å². The molecule has 1 heterocycles. The minimum atomic E-state index is -3.40. The molecular formula is C14H17BrN2O3S. The van der Waals surface area contributed by atoms with Gasteiger partial charge in [0, 0.05) is 29.5 Å².